The number of nitrogens with zero attached hydrogens (tertiary/aromatic N) is 1. The number of carbonyl (C=O) groups excluding carboxylic acids is 1. The molecule has 0 saturated heterocycles. The molecule has 1 fully saturated rings. The fourth-order valence-electron chi connectivity index (χ4n) is 2.87. The van der Waals surface area contributed by atoms with Crippen molar-refractivity contribution < 1.29 is 9.53 Å². The number of fused-ring (bicyclic) bond motifs is 1. The Morgan fingerprint density at radius 3 is 2.79 bits per heavy atom. The van der Waals surface area contributed by atoms with E-state index < -0.39 is 0 Å². The Bertz CT molecular complexity index is 531. The molecule has 100 valence electrons. The van der Waals surface area contributed by atoms with Gasteiger partial charge in [0.05, 0.1) is 18.1 Å². The first-order valence-corrected chi connectivity index (χ1v) is 6.90. The molecule has 1 saturated carbocycles. The van der Waals surface area contributed by atoms with Crippen molar-refractivity contribution in [3.8, 4) is 5.75 Å². The Morgan fingerprint density at radius 1 is 1.21 bits per heavy atom. The standard InChI is InChI=1S/C15H18N2O2/c16-15-14-10(9-13(18)17-15)5-4-8-12(14)19-11-6-2-1-3-7-11/h4-5,8,11H,1-3,6-7,9H2,(H2,16,17,18). The van der Waals surface area contributed by atoms with Gasteiger partial charge in [0.25, 0.3) is 5.91 Å². The van der Waals surface area contributed by atoms with Gasteiger partial charge in [0, 0.05) is 0 Å². The van der Waals surface area contributed by atoms with Crippen molar-refractivity contribution >= 4 is 11.7 Å². The first kappa shape index (κ1) is 12.2. The highest BCUT2D eigenvalue weighted by atomic mass is 16.5. The van der Waals surface area contributed by atoms with Crippen molar-refractivity contribution in [1.29, 1.82) is 0 Å². The molecule has 1 aliphatic heterocycles. The quantitative estimate of drug-likeness (QED) is 0.884. The van der Waals surface area contributed by atoms with Crippen LogP contribution in [0.4, 0.5) is 0 Å². The fourth-order valence-corrected chi connectivity index (χ4v) is 2.87. The topological polar surface area (TPSA) is 64.7 Å². The molecule has 4 heteroatoms. The van der Waals surface area contributed by atoms with Gasteiger partial charge in [-0.1, -0.05) is 18.6 Å². The highest BCUT2D eigenvalue weighted by Crippen LogP contribution is 2.29. The average Bonchev–Trinajstić information content (AvgIpc) is 2.39. The number of amides is 1. The molecule has 0 radical (unpaired) electrons. The summed E-state index contributed by atoms with van der Waals surface area (Å²) in [6.07, 6.45) is 6.52. The molecule has 0 atom stereocenters. The zero-order chi connectivity index (χ0) is 13.2. The van der Waals surface area contributed by atoms with E-state index in [1.165, 1.54) is 19.3 Å². The Morgan fingerprint density at radius 2 is 2.00 bits per heavy atom. The molecule has 1 heterocycles. The molecule has 3 rings (SSSR count). The van der Waals surface area contributed by atoms with Crippen molar-refractivity contribution in [3.63, 3.8) is 0 Å². The van der Waals surface area contributed by atoms with Crippen molar-refractivity contribution in [2.45, 2.75) is 44.6 Å². The summed E-state index contributed by atoms with van der Waals surface area (Å²) in [5, 5.41) is 0. The highest BCUT2D eigenvalue weighted by molar-refractivity contribution is 6.10. The molecule has 1 aromatic rings. The minimum absolute atomic E-state index is 0.181. The number of carbonyl (C=O) groups is 1. The lowest BCUT2D eigenvalue weighted by atomic mass is 9.96. The van der Waals surface area contributed by atoms with E-state index in [2.05, 4.69) is 4.99 Å². The molecule has 1 aromatic carbocycles. The van der Waals surface area contributed by atoms with Crippen LogP contribution in [0.15, 0.2) is 23.2 Å². The molecule has 0 unspecified atom stereocenters. The highest BCUT2D eigenvalue weighted by Gasteiger charge is 2.23. The maximum Gasteiger partial charge on any atom is 0.252 e. The minimum atomic E-state index is -0.181. The van der Waals surface area contributed by atoms with Crippen molar-refractivity contribution in [1.82, 2.24) is 0 Å². The minimum Gasteiger partial charge on any atom is -0.490 e. The van der Waals surface area contributed by atoms with Crippen molar-refractivity contribution in [2.75, 3.05) is 0 Å². The van der Waals surface area contributed by atoms with E-state index in [4.69, 9.17) is 10.5 Å². The molecule has 1 aliphatic carbocycles. The van der Waals surface area contributed by atoms with Gasteiger partial charge in [-0.25, -0.2) is 0 Å². The van der Waals surface area contributed by atoms with Gasteiger partial charge in [0.2, 0.25) is 0 Å². The first-order chi connectivity index (χ1) is 9.24. The van der Waals surface area contributed by atoms with E-state index in [9.17, 15) is 4.79 Å². The van der Waals surface area contributed by atoms with Crippen LogP contribution in [-0.2, 0) is 11.2 Å². The van der Waals surface area contributed by atoms with Gasteiger partial charge >= 0.3 is 0 Å². The van der Waals surface area contributed by atoms with E-state index in [1.54, 1.807) is 0 Å². The van der Waals surface area contributed by atoms with Crippen molar-refractivity contribution in [3.05, 3.63) is 29.3 Å². The average molecular weight is 258 g/mol. The van der Waals surface area contributed by atoms with E-state index >= 15 is 0 Å². The Hall–Kier alpha value is -1.84. The third-order valence-electron chi connectivity index (χ3n) is 3.80. The van der Waals surface area contributed by atoms with Crippen LogP contribution in [0.5, 0.6) is 5.75 Å². The number of rotatable bonds is 2. The maximum atomic E-state index is 11.4. The van der Waals surface area contributed by atoms with E-state index in [0.29, 0.717) is 6.42 Å². The lowest BCUT2D eigenvalue weighted by molar-refractivity contribution is -0.117. The number of ether oxygens (including phenoxy) is 1. The van der Waals surface area contributed by atoms with E-state index in [1.807, 2.05) is 18.2 Å². The van der Waals surface area contributed by atoms with E-state index in [-0.39, 0.29) is 17.8 Å². The van der Waals surface area contributed by atoms with Crippen LogP contribution in [0.2, 0.25) is 0 Å². The number of benzene rings is 1. The molecular formula is C15H18N2O2. The largest absolute Gasteiger partial charge is 0.490 e. The van der Waals surface area contributed by atoms with Gasteiger partial charge in [0.1, 0.15) is 11.6 Å². The summed E-state index contributed by atoms with van der Waals surface area (Å²) < 4.78 is 6.09. The fraction of sp³-hybridized carbons (Fsp3) is 0.467. The SMILES string of the molecule is NC1=NC(=O)Cc2cccc(OC3CCCCC3)c21. The van der Waals surface area contributed by atoms with Gasteiger partial charge in [-0.2, -0.15) is 4.99 Å². The molecule has 0 spiro atoms. The first-order valence-electron chi connectivity index (χ1n) is 6.90. The number of hydrogen-bond acceptors (Lipinski definition) is 3. The molecule has 2 aliphatic rings. The normalized spacial score (nSPS) is 19.8. The van der Waals surface area contributed by atoms with Crippen LogP contribution in [0.1, 0.15) is 43.2 Å². The van der Waals surface area contributed by atoms with Gasteiger partial charge in [-0.05, 0) is 37.3 Å². The molecule has 4 nitrogen and oxygen atoms in total. The number of aliphatic imine (C=N–C) groups is 1. The van der Waals surface area contributed by atoms with Crippen molar-refractivity contribution in [2.24, 2.45) is 10.7 Å². The van der Waals surface area contributed by atoms with Crippen LogP contribution in [0.3, 0.4) is 0 Å². The summed E-state index contributed by atoms with van der Waals surface area (Å²) >= 11 is 0. The summed E-state index contributed by atoms with van der Waals surface area (Å²) in [6.45, 7) is 0. The molecular weight excluding hydrogens is 240 g/mol. The Kier molecular flexibility index (Phi) is 3.23. The predicted molar refractivity (Wildman–Crippen MR) is 73.4 cm³/mol. The van der Waals surface area contributed by atoms with Gasteiger partial charge in [-0.3, -0.25) is 4.79 Å². The van der Waals surface area contributed by atoms with Crippen LogP contribution < -0.4 is 10.5 Å². The zero-order valence-electron chi connectivity index (χ0n) is 10.9. The Labute approximate surface area is 112 Å². The lowest BCUT2D eigenvalue weighted by Crippen LogP contribution is -2.27. The van der Waals surface area contributed by atoms with Crippen LogP contribution in [-0.4, -0.2) is 17.8 Å². The zero-order valence-corrected chi connectivity index (χ0v) is 10.9. The van der Waals surface area contributed by atoms with E-state index in [0.717, 1.165) is 29.7 Å². The molecule has 1 amide bonds. The summed E-state index contributed by atoms with van der Waals surface area (Å²) in [7, 11) is 0. The second kappa shape index (κ2) is 5.03. The summed E-state index contributed by atoms with van der Waals surface area (Å²) in [4.78, 5) is 15.3. The second-order valence-electron chi connectivity index (χ2n) is 5.24. The summed E-state index contributed by atoms with van der Waals surface area (Å²) in [5.74, 6) is 0.885. The number of amidine groups is 1. The molecule has 2 N–H and O–H groups in total. The molecule has 0 aromatic heterocycles. The predicted octanol–water partition coefficient (Wildman–Crippen LogP) is 2.19. The smallest absolute Gasteiger partial charge is 0.252 e. The summed E-state index contributed by atoms with van der Waals surface area (Å²) in [6, 6.07) is 5.76. The van der Waals surface area contributed by atoms with Crippen LogP contribution in [0.25, 0.3) is 0 Å². The summed E-state index contributed by atoms with van der Waals surface area (Å²) in [5.41, 5.74) is 7.63. The maximum absolute atomic E-state index is 11.4. The van der Waals surface area contributed by atoms with Gasteiger partial charge in [0.15, 0.2) is 0 Å². The third-order valence-corrected chi connectivity index (χ3v) is 3.80. The monoisotopic (exact) mass is 258 g/mol. The second-order valence-corrected chi connectivity index (χ2v) is 5.24. The number of nitrogens with two attached hydrogens (primary N) is 1. The molecule has 19 heavy (non-hydrogen) atoms. The van der Waals surface area contributed by atoms with Crippen LogP contribution in [0, 0.1) is 0 Å². The number of hydrogen-bond donors (Lipinski definition) is 1. The van der Waals surface area contributed by atoms with Crippen LogP contribution >= 0.6 is 0 Å². The van der Waals surface area contributed by atoms with Gasteiger partial charge in [-0.15, -0.1) is 0 Å². The Balaban J connectivity index is 1.89. The van der Waals surface area contributed by atoms with Gasteiger partial charge < -0.3 is 10.5 Å². The third kappa shape index (κ3) is 2.48. The lowest BCUT2D eigenvalue weighted by Gasteiger charge is -2.25. The molecule has 0 bridgehead atoms.